The van der Waals surface area contributed by atoms with Crippen LogP contribution in [0.2, 0.25) is 10.0 Å². The Hall–Kier alpha value is -0.610. The molecular formula is C15H11Cl2NS2. The van der Waals surface area contributed by atoms with Crippen LogP contribution >= 0.6 is 46.7 Å². The summed E-state index contributed by atoms with van der Waals surface area (Å²) in [6.45, 7) is 0. The third kappa shape index (κ3) is 2.86. The fourth-order valence-electron chi connectivity index (χ4n) is 2.11. The van der Waals surface area contributed by atoms with Gasteiger partial charge in [-0.3, -0.25) is 0 Å². The van der Waals surface area contributed by atoms with Gasteiger partial charge in [0.15, 0.2) is 0 Å². The molecule has 1 aliphatic heterocycles. The zero-order valence-corrected chi connectivity index (χ0v) is 13.8. The molecule has 0 aromatic heterocycles. The Morgan fingerprint density at radius 2 is 1.75 bits per heavy atom. The first-order valence-electron chi connectivity index (χ1n) is 6.01. The number of hydrogen-bond acceptors (Lipinski definition) is 3. The van der Waals surface area contributed by atoms with E-state index in [1.165, 1.54) is 5.56 Å². The van der Waals surface area contributed by atoms with Gasteiger partial charge in [-0.2, -0.15) is 0 Å². The molecule has 1 nitrogen and oxygen atoms in total. The summed E-state index contributed by atoms with van der Waals surface area (Å²) >= 11 is 15.5. The molecule has 5 heteroatoms. The Morgan fingerprint density at radius 3 is 2.45 bits per heavy atom. The molecule has 0 bridgehead atoms. The zero-order chi connectivity index (χ0) is 14.1. The fourth-order valence-corrected chi connectivity index (χ4v) is 4.24. The summed E-state index contributed by atoms with van der Waals surface area (Å²) < 4.78 is 1.07. The van der Waals surface area contributed by atoms with Crippen molar-refractivity contribution in [3.8, 4) is 0 Å². The van der Waals surface area contributed by atoms with Gasteiger partial charge >= 0.3 is 0 Å². The highest BCUT2D eigenvalue weighted by Crippen LogP contribution is 2.47. The van der Waals surface area contributed by atoms with Crippen LogP contribution in [0, 0.1) is 0 Å². The van der Waals surface area contributed by atoms with Gasteiger partial charge in [-0.15, -0.1) is 11.8 Å². The predicted molar refractivity (Wildman–Crippen MR) is 92.9 cm³/mol. The molecule has 102 valence electrons. The second kappa shape index (κ2) is 6.02. The summed E-state index contributed by atoms with van der Waals surface area (Å²) in [6, 6.07) is 13.8. The largest absolute Gasteiger partial charge is 0.235 e. The lowest BCUT2D eigenvalue weighted by Crippen LogP contribution is -2.05. The maximum atomic E-state index is 6.14. The molecule has 0 amide bonds. The average molecular weight is 340 g/mol. The number of hydrogen-bond donors (Lipinski definition) is 0. The van der Waals surface area contributed by atoms with Gasteiger partial charge < -0.3 is 0 Å². The molecule has 1 atom stereocenters. The number of rotatable bonds is 1. The molecule has 0 fully saturated rings. The molecule has 0 radical (unpaired) electrons. The van der Waals surface area contributed by atoms with Crippen LogP contribution in [-0.4, -0.2) is 10.6 Å². The summed E-state index contributed by atoms with van der Waals surface area (Å²) in [5, 5.41) is 1.70. The number of thioether (sulfide) groups is 2. The maximum absolute atomic E-state index is 6.14. The van der Waals surface area contributed by atoms with E-state index in [0.29, 0.717) is 0 Å². The van der Waals surface area contributed by atoms with E-state index in [0.717, 1.165) is 25.7 Å². The van der Waals surface area contributed by atoms with Crippen molar-refractivity contribution in [3.05, 3.63) is 63.6 Å². The second-order valence-electron chi connectivity index (χ2n) is 4.33. The molecule has 1 unspecified atom stereocenters. The van der Waals surface area contributed by atoms with Crippen molar-refractivity contribution in [1.29, 1.82) is 0 Å². The van der Waals surface area contributed by atoms with Gasteiger partial charge in [0.2, 0.25) is 0 Å². The van der Waals surface area contributed by atoms with Crippen LogP contribution in [0.1, 0.15) is 16.4 Å². The van der Waals surface area contributed by atoms with E-state index >= 15 is 0 Å². The van der Waals surface area contributed by atoms with Gasteiger partial charge in [0.25, 0.3) is 0 Å². The zero-order valence-electron chi connectivity index (χ0n) is 10.6. The second-order valence-corrected chi connectivity index (χ2v) is 7.35. The van der Waals surface area contributed by atoms with Crippen molar-refractivity contribution in [3.63, 3.8) is 0 Å². The van der Waals surface area contributed by atoms with Crippen LogP contribution in [0.5, 0.6) is 0 Å². The minimum absolute atomic E-state index is 0.209. The van der Waals surface area contributed by atoms with Crippen molar-refractivity contribution in [2.24, 2.45) is 4.99 Å². The molecule has 2 aromatic carbocycles. The average Bonchev–Trinajstić information content (AvgIpc) is 2.47. The minimum Gasteiger partial charge on any atom is -0.235 e. The first-order valence-corrected chi connectivity index (χ1v) is 8.87. The lowest BCUT2D eigenvalue weighted by Gasteiger charge is -2.24. The van der Waals surface area contributed by atoms with E-state index in [1.54, 1.807) is 23.5 Å². The normalized spacial score (nSPS) is 17.6. The molecule has 20 heavy (non-hydrogen) atoms. The number of fused-ring (bicyclic) bond motifs is 1. The minimum atomic E-state index is 0.209. The Bertz CT molecular complexity index is 668. The molecule has 2 aromatic rings. The van der Waals surface area contributed by atoms with Crippen LogP contribution < -0.4 is 0 Å². The van der Waals surface area contributed by atoms with E-state index in [2.05, 4.69) is 17.1 Å². The van der Waals surface area contributed by atoms with Gasteiger partial charge in [-0.05, 0) is 47.7 Å². The number of nitrogens with zero attached hydrogens (tertiary/aromatic N) is 1. The summed E-state index contributed by atoms with van der Waals surface area (Å²) in [5.74, 6) is 0. The third-order valence-electron chi connectivity index (χ3n) is 3.05. The summed E-state index contributed by atoms with van der Waals surface area (Å²) in [5.41, 5.74) is 3.37. The van der Waals surface area contributed by atoms with E-state index in [-0.39, 0.29) is 5.25 Å². The Morgan fingerprint density at radius 1 is 1.05 bits per heavy atom. The first kappa shape index (κ1) is 14.3. The lowest BCUT2D eigenvalue weighted by atomic mass is 10.0. The molecule has 0 N–H and O–H groups in total. The molecule has 0 spiro atoms. The van der Waals surface area contributed by atoms with E-state index in [9.17, 15) is 0 Å². The Kier molecular flexibility index (Phi) is 4.32. The molecule has 3 rings (SSSR count). The highest BCUT2D eigenvalue weighted by molar-refractivity contribution is 8.38. The van der Waals surface area contributed by atoms with Gasteiger partial charge in [-0.25, -0.2) is 4.99 Å². The summed E-state index contributed by atoms with van der Waals surface area (Å²) in [6.07, 6.45) is 2.05. The van der Waals surface area contributed by atoms with Crippen LogP contribution in [0.3, 0.4) is 0 Å². The molecule has 0 saturated carbocycles. The van der Waals surface area contributed by atoms with Crippen LogP contribution in [0.4, 0.5) is 5.69 Å². The van der Waals surface area contributed by atoms with Gasteiger partial charge in [-0.1, -0.05) is 47.1 Å². The summed E-state index contributed by atoms with van der Waals surface area (Å²) in [7, 11) is 0. The number of aliphatic imine (C=N–C) groups is 1. The lowest BCUT2D eigenvalue weighted by molar-refractivity contribution is 1.15. The molecule has 1 aliphatic rings. The summed E-state index contributed by atoms with van der Waals surface area (Å²) in [4.78, 5) is 4.66. The smallest absolute Gasteiger partial charge is 0.131 e. The van der Waals surface area contributed by atoms with Crippen molar-refractivity contribution in [1.82, 2.24) is 0 Å². The maximum Gasteiger partial charge on any atom is 0.131 e. The Labute approximate surface area is 136 Å². The van der Waals surface area contributed by atoms with Crippen LogP contribution in [-0.2, 0) is 0 Å². The topological polar surface area (TPSA) is 12.4 Å². The van der Waals surface area contributed by atoms with Crippen LogP contribution in [0.25, 0.3) is 0 Å². The first-order chi connectivity index (χ1) is 9.67. The SMILES string of the molecule is CSC1=Nc2ccc(Cl)cc2C(c2ccc(Cl)cc2)S1. The molecular weight excluding hydrogens is 329 g/mol. The van der Waals surface area contributed by atoms with Crippen molar-refractivity contribution >= 4 is 56.8 Å². The quantitative estimate of drug-likeness (QED) is 0.614. The van der Waals surface area contributed by atoms with Gasteiger partial charge in [0.05, 0.1) is 10.9 Å². The van der Waals surface area contributed by atoms with Crippen molar-refractivity contribution < 1.29 is 0 Å². The monoisotopic (exact) mass is 339 g/mol. The highest BCUT2D eigenvalue weighted by Gasteiger charge is 2.25. The third-order valence-corrected chi connectivity index (χ3v) is 5.82. The van der Waals surface area contributed by atoms with Gasteiger partial charge in [0, 0.05) is 10.0 Å². The van der Waals surface area contributed by atoms with E-state index in [1.807, 2.05) is 36.6 Å². The van der Waals surface area contributed by atoms with E-state index < -0.39 is 0 Å². The number of benzene rings is 2. The van der Waals surface area contributed by atoms with Crippen molar-refractivity contribution in [2.75, 3.05) is 6.26 Å². The predicted octanol–water partition coefficient (Wildman–Crippen LogP) is 6.18. The fraction of sp³-hybridized carbons (Fsp3) is 0.133. The van der Waals surface area contributed by atoms with Crippen molar-refractivity contribution in [2.45, 2.75) is 5.25 Å². The molecule has 1 heterocycles. The highest BCUT2D eigenvalue weighted by atomic mass is 35.5. The van der Waals surface area contributed by atoms with E-state index in [4.69, 9.17) is 23.2 Å². The van der Waals surface area contributed by atoms with Gasteiger partial charge in [0.1, 0.15) is 4.38 Å². The number of halogens is 2. The standard InChI is InChI=1S/C15H11Cl2NS2/c1-19-15-18-13-7-6-11(17)8-12(13)14(20-15)9-2-4-10(16)5-3-9/h2-8,14H,1H3. The molecule has 0 saturated heterocycles. The molecule has 0 aliphatic carbocycles. The van der Waals surface area contributed by atoms with Crippen LogP contribution in [0.15, 0.2) is 47.5 Å². The Balaban J connectivity index is 2.10.